The Hall–Kier alpha value is -2.01. The average molecular weight is 357 g/mol. The van der Waals surface area contributed by atoms with E-state index in [2.05, 4.69) is 14.9 Å². The number of piperidine rings is 1. The predicted octanol–water partition coefficient (Wildman–Crippen LogP) is 4.63. The molecule has 1 saturated heterocycles. The molecule has 0 radical (unpaired) electrons. The van der Waals surface area contributed by atoms with Crippen LogP contribution in [0.3, 0.4) is 0 Å². The molecule has 140 valence electrons. The van der Waals surface area contributed by atoms with Gasteiger partial charge in [0.05, 0.1) is 12.3 Å². The van der Waals surface area contributed by atoms with E-state index >= 15 is 0 Å². The van der Waals surface area contributed by atoms with Gasteiger partial charge in [0.2, 0.25) is 0 Å². The maximum Gasteiger partial charge on any atom is 0.317 e. The molecule has 0 saturated carbocycles. The molecule has 0 N–H and O–H groups in total. The molecule has 1 aliphatic heterocycles. The minimum absolute atomic E-state index is 0.249. The summed E-state index contributed by atoms with van der Waals surface area (Å²) >= 11 is 0. The van der Waals surface area contributed by atoms with Crippen LogP contribution in [0, 0.1) is 12.7 Å². The zero-order chi connectivity index (χ0) is 18.2. The quantitative estimate of drug-likeness (QED) is 0.646. The third-order valence-corrected chi connectivity index (χ3v) is 4.77. The van der Waals surface area contributed by atoms with Crippen LogP contribution < -0.4 is 4.74 Å². The number of unbranched alkanes of at least 4 members (excludes halogenated alkanes) is 2. The molecule has 1 aromatic carbocycles. The van der Waals surface area contributed by atoms with Crippen molar-refractivity contribution in [2.75, 3.05) is 26.2 Å². The summed E-state index contributed by atoms with van der Waals surface area (Å²) in [5.41, 5.74) is 2.47. The predicted molar refractivity (Wildman–Crippen MR) is 102 cm³/mol. The number of hydrogen-bond donors (Lipinski definition) is 0. The molecule has 0 spiro atoms. The summed E-state index contributed by atoms with van der Waals surface area (Å²) in [7, 11) is 0. The van der Waals surface area contributed by atoms with E-state index < -0.39 is 0 Å². The van der Waals surface area contributed by atoms with Gasteiger partial charge in [0.1, 0.15) is 5.82 Å². The number of rotatable bonds is 8. The van der Waals surface area contributed by atoms with E-state index in [1.807, 2.05) is 13.0 Å². The van der Waals surface area contributed by atoms with Crippen LogP contribution in [0.5, 0.6) is 6.01 Å². The molecule has 26 heavy (non-hydrogen) atoms. The number of ether oxygens (including phenoxy) is 1. The highest BCUT2D eigenvalue weighted by Crippen LogP contribution is 2.20. The monoisotopic (exact) mass is 357 g/mol. The summed E-state index contributed by atoms with van der Waals surface area (Å²) in [6.07, 6.45) is 7.48. The Balaban J connectivity index is 1.43. The van der Waals surface area contributed by atoms with Gasteiger partial charge >= 0.3 is 6.01 Å². The van der Waals surface area contributed by atoms with Crippen LogP contribution in [0.1, 0.15) is 44.2 Å². The van der Waals surface area contributed by atoms with Crippen LogP contribution in [0.2, 0.25) is 0 Å². The maximum absolute atomic E-state index is 13.1. The lowest BCUT2D eigenvalue weighted by atomic mass is 10.1. The second-order valence-electron chi connectivity index (χ2n) is 7.00. The number of nitrogens with zero attached hydrogens (tertiary/aromatic N) is 3. The van der Waals surface area contributed by atoms with Gasteiger partial charge in [0.25, 0.3) is 0 Å². The Kier molecular flexibility index (Phi) is 6.95. The van der Waals surface area contributed by atoms with Crippen LogP contribution in [0.25, 0.3) is 11.3 Å². The van der Waals surface area contributed by atoms with Crippen molar-refractivity contribution in [3.63, 3.8) is 0 Å². The first-order valence-electron chi connectivity index (χ1n) is 9.67. The molecule has 0 atom stereocenters. The van der Waals surface area contributed by atoms with Gasteiger partial charge in [0.15, 0.2) is 0 Å². The maximum atomic E-state index is 13.1. The van der Waals surface area contributed by atoms with Crippen molar-refractivity contribution in [1.29, 1.82) is 0 Å². The Labute approximate surface area is 155 Å². The lowest BCUT2D eigenvalue weighted by molar-refractivity contribution is 0.219. The highest BCUT2D eigenvalue weighted by atomic mass is 19.1. The van der Waals surface area contributed by atoms with E-state index in [0.717, 1.165) is 29.8 Å². The zero-order valence-electron chi connectivity index (χ0n) is 15.6. The molecule has 0 unspecified atom stereocenters. The summed E-state index contributed by atoms with van der Waals surface area (Å²) in [4.78, 5) is 11.4. The minimum atomic E-state index is -0.249. The van der Waals surface area contributed by atoms with Crippen LogP contribution in [-0.4, -0.2) is 41.1 Å². The number of aromatic nitrogens is 2. The molecule has 0 aliphatic carbocycles. The van der Waals surface area contributed by atoms with Gasteiger partial charge in [-0.25, -0.2) is 9.37 Å². The van der Waals surface area contributed by atoms with Crippen LogP contribution in [0.15, 0.2) is 30.3 Å². The van der Waals surface area contributed by atoms with E-state index in [1.54, 1.807) is 12.1 Å². The lowest BCUT2D eigenvalue weighted by Gasteiger charge is -2.26. The van der Waals surface area contributed by atoms with Gasteiger partial charge in [-0.05, 0) is 89.0 Å². The average Bonchev–Trinajstić information content (AvgIpc) is 2.65. The van der Waals surface area contributed by atoms with Crippen molar-refractivity contribution < 1.29 is 9.13 Å². The molecule has 2 heterocycles. The topological polar surface area (TPSA) is 38.2 Å². The molecule has 0 amide bonds. The molecule has 1 aliphatic rings. The molecular weight excluding hydrogens is 329 g/mol. The summed E-state index contributed by atoms with van der Waals surface area (Å²) in [5.74, 6) is -0.249. The number of halogens is 1. The van der Waals surface area contributed by atoms with E-state index in [0.29, 0.717) is 12.6 Å². The van der Waals surface area contributed by atoms with Gasteiger partial charge < -0.3 is 9.64 Å². The largest absolute Gasteiger partial charge is 0.463 e. The number of benzene rings is 1. The summed E-state index contributed by atoms with van der Waals surface area (Å²) < 4.78 is 18.8. The summed E-state index contributed by atoms with van der Waals surface area (Å²) in [6, 6.07) is 8.62. The van der Waals surface area contributed by atoms with Gasteiger partial charge in [-0.3, -0.25) is 0 Å². The van der Waals surface area contributed by atoms with E-state index in [1.165, 1.54) is 57.5 Å². The molecule has 0 bridgehead atoms. The van der Waals surface area contributed by atoms with E-state index in [4.69, 9.17) is 4.74 Å². The third-order valence-electron chi connectivity index (χ3n) is 4.77. The van der Waals surface area contributed by atoms with Gasteiger partial charge in [-0.2, -0.15) is 4.98 Å². The fourth-order valence-electron chi connectivity index (χ4n) is 3.34. The molecule has 3 rings (SSSR count). The Morgan fingerprint density at radius 2 is 1.77 bits per heavy atom. The highest BCUT2D eigenvalue weighted by molar-refractivity contribution is 5.59. The number of likely N-dealkylation sites (tertiary alicyclic amines) is 1. The second kappa shape index (κ2) is 9.62. The van der Waals surface area contributed by atoms with Crippen molar-refractivity contribution >= 4 is 0 Å². The standard InChI is InChI=1S/C21H28FN3O/c1-17-16-20(18-8-10-19(22)11-9-18)24-21(23-17)26-15-7-3-6-14-25-12-4-2-5-13-25/h8-11,16H,2-7,12-15H2,1H3. The van der Waals surface area contributed by atoms with Crippen LogP contribution in [-0.2, 0) is 0 Å². The summed E-state index contributed by atoms with van der Waals surface area (Å²) in [6.45, 7) is 6.28. The molecule has 1 aromatic heterocycles. The molecular formula is C21H28FN3O. The molecule has 5 heteroatoms. The van der Waals surface area contributed by atoms with Crippen molar-refractivity contribution in [1.82, 2.24) is 14.9 Å². The fraction of sp³-hybridized carbons (Fsp3) is 0.524. The Bertz CT molecular complexity index is 684. The fourth-order valence-corrected chi connectivity index (χ4v) is 3.34. The molecule has 1 fully saturated rings. The van der Waals surface area contributed by atoms with E-state index in [-0.39, 0.29) is 5.82 Å². The smallest absolute Gasteiger partial charge is 0.317 e. The number of aryl methyl sites for hydroxylation is 1. The summed E-state index contributed by atoms with van der Waals surface area (Å²) in [5, 5.41) is 0. The third kappa shape index (κ3) is 5.77. The van der Waals surface area contributed by atoms with Crippen LogP contribution >= 0.6 is 0 Å². The van der Waals surface area contributed by atoms with E-state index in [9.17, 15) is 4.39 Å². The first-order valence-corrected chi connectivity index (χ1v) is 9.67. The normalized spacial score (nSPS) is 15.2. The zero-order valence-corrected chi connectivity index (χ0v) is 15.6. The van der Waals surface area contributed by atoms with Crippen molar-refractivity contribution in [2.45, 2.75) is 45.4 Å². The van der Waals surface area contributed by atoms with Gasteiger partial charge in [0, 0.05) is 11.3 Å². The number of hydrogen-bond acceptors (Lipinski definition) is 4. The first-order chi connectivity index (χ1) is 12.7. The molecule has 2 aromatic rings. The molecule has 4 nitrogen and oxygen atoms in total. The Morgan fingerprint density at radius 3 is 2.54 bits per heavy atom. The van der Waals surface area contributed by atoms with Crippen LogP contribution in [0.4, 0.5) is 4.39 Å². The Morgan fingerprint density at radius 1 is 1.00 bits per heavy atom. The lowest BCUT2D eigenvalue weighted by Crippen LogP contribution is -2.30. The van der Waals surface area contributed by atoms with Crippen molar-refractivity contribution in [3.8, 4) is 17.3 Å². The van der Waals surface area contributed by atoms with Crippen molar-refractivity contribution in [2.24, 2.45) is 0 Å². The SMILES string of the molecule is Cc1cc(-c2ccc(F)cc2)nc(OCCCCCN2CCCCC2)n1. The van der Waals surface area contributed by atoms with Crippen molar-refractivity contribution in [3.05, 3.63) is 41.8 Å². The first kappa shape index (κ1) is 18.8. The highest BCUT2D eigenvalue weighted by Gasteiger charge is 2.09. The second-order valence-corrected chi connectivity index (χ2v) is 7.00. The van der Waals surface area contributed by atoms with Gasteiger partial charge in [-0.1, -0.05) is 6.42 Å². The van der Waals surface area contributed by atoms with Gasteiger partial charge in [-0.15, -0.1) is 0 Å². The minimum Gasteiger partial charge on any atom is -0.463 e.